The van der Waals surface area contributed by atoms with Crippen molar-refractivity contribution in [3.05, 3.63) is 29.8 Å². The Morgan fingerprint density at radius 3 is 2.28 bits per heavy atom. The summed E-state index contributed by atoms with van der Waals surface area (Å²) in [7, 11) is 0. The molecule has 0 spiro atoms. The van der Waals surface area contributed by atoms with Crippen LogP contribution in [0.15, 0.2) is 29.2 Å². The van der Waals surface area contributed by atoms with Gasteiger partial charge in [0.1, 0.15) is 0 Å². The number of halogens is 4. The van der Waals surface area contributed by atoms with Crippen LogP contribution >= 0.6 is 24.2 Å². The van der Waals surface area contributed by atoms with E-state index in [0.29, 0.717) is 18.7 Å². The molecule has 1 aromatic rings. The maximum absolute atomic E-state index is 12.0. The minimum absolute atomic E-state index is 0. The zero-order valence-corrected chi connectivity index (χ0v) is 10.8. The van der Waals surface area contributed by atoms with Crippen LogP contribution in [0.2, 0.25) is 0 Å². The van der Waals surface area contributed by atoms with Gasteiger partial charge in [0.15, 0.2) is 0 Å². The van der Waals surface area contributed by atoms with E-state index in [2.05, 4.69) is 5.32 Å². The minimum atomic E-state index is -4.32. The lowest BCUT2D eigenvalue weighted by atomic mass is 10.2. The van der Waals surface area contributed by atoms with Crippen LogP contribution < -0.4 is 11.1 Å². The highest BCUT2D eigenvalue weighted by molar-refractivity contribution is 8.00. The molecule has 0 aliphatic heterocycles. The molecule has 0 atom stereocenters. The number of carbonyl (C=O) groups excluding carboxylic acids is 1. The number of nitrogens with two attached hydrogens (primary N) is 1. The number of alkyl halides is 3. The number of rotatable bonds is 4. The van der Waals surface area contributed by atoms with Crippen LogP contribution in [0, 0.1) is 0 Å². The fourth-order valence-corrected chi connectivity index (χ4v) is 1.64. The lowest BCUT2D eigenvalue weighted by Crippen LogP contribution is -2.28. The van der Waals surface area contributed by atoms with Crippen molar-refractivity contribution in [1.82, 2.24) is 5.32 Å². The molecule has 0 saturated carbocycles. The number of hydrogen-bond acceptors (Lipinski definition) is 3. The van der Waals surface area contributed by atoms with Crippen LogP contribution in [-0.2, 0) is 0 Å². The highest BCUT2D eigenvalue weighted by Gasteiger charge is 2.29. The van der Waals surface area contributed by atoms with Crippen molar-refractivity contribution in [1.29, 1.82) is 0 Å². The molecule has 0 aliphatic carbocycles. The fourth-order valence-electron chi connectivity index (χ4n) is 1.10. The topological polar surface area (TPSA) is 55.1 Å². The molecule has 0 aromatic heterocycles. The number of benzene rings is 1. The summed E-state index contributed by atoms with van der Waals surface area (Å²) in [6.45, 7) is 0.644. The largest absolute Gasteiger partial charge is 0.446 e. The van der Waals surface area contributed by atoms with Gasteiger partial charge in [-0.1, -0.05) is 0 Å². The monoisotopic (exact) mass is 300 g/mol. The molecule has 1 amide bonds. The van der Waals surface area contributed by atoms with Gasteiger partial charge in [0.25, 0.3) is 5.91 Å². The number of thioether (sulfide) groups is 1. The molecule has 0 radical (unpaired) electrons. The second-order valence-corrected chi connectivity index (χ2v) is 4.26. The fraction of sp³-hybridized carbons (Fsp3) is 0.300. The van der Waals surface area contributed by atoms with E-state index in [4.69, 9.17) is 5.73 Å². The Labute approximate surface area is 113 Å². The normalized spacial score (nSPS) is 10.7. The van der Waals surface area contributed by atoms with E-state index < -0.39 is 5.51 Å². The van der Waals surface area contributed by atoms with E-state index in [1.54, 1.807) is 0 Å². The van der Waals surface area contributed by atoms with Crippen molar-refractivity contribution >= 4 is 30.1 Å². The summed E-state index contributed by atoms with van der Waals surface area (Å²) < 4.78 is 36.1. The molecule has 1 aromatic carbocycles. The summed E-state index contributed by atoms with van der Waals surface area (Å²) in [5.41, 5.74) is 1.20. The second-order valence-electron chi connectivity index (χ2n) is 3.12. The Morgan fingerprint density at radius 1 is 1.28 bits per heavy atom. The molecule has 0 unspecified atom stereocenters. The molecular weight excluding hydrogens is 289 g/mol. The van der Waals surface area contributed by atoms with E-state index in [9.17, 15) is 18.0 Å². The third kappa shape index (κ3) is 6.13. The number of amides is 1. The van der Waals surface area contributed by atoms with Crippen molar-refractivity contribution in [2.45, 2.75) is 10.4 Å². The predicted octanol–water partition coefficient (Wildman–Crippen LogP) is 2.41. The molecule has 3 nitrogen and oxygen atoms in total. The Kier molecular flexibility index (Phi) is 7.12. The smallest absolute Gasteiger partial charge is 0.351 e. The minimum Gasteiger partial charge on any atom is -0.351 e. The molecule has 3 N–H and O–H groups in total. The second kappa shape index (κ2) is 7.50. The maximum atomic E-state index is 12.0. The molecule has 0 saturated heterocycles. The molecule has 18 heavy (non-hydrogen) atoms. The molecule has 0 aliphatic rings. The van der Waals surface area contributed by atoms with Crippen LogP contribution in [0.4, 0.5) is 13.2 Å². The molecule has 0 bridgehead atoms. The van der Waals surface area contributed by atoms with Crippen molar-refractivity contribution in [3.63, 3.8) is 0 Å². The summed E-state index contributed by atoms with van der Waals surface area (Å²) in [6.07, 6.45) is 0. The average Bonchev–Trinajstić information content (AvgIpc) is 2.24. The third-order valence-electron chi connectivity index (χ3n) is 1.78. The summed E-state index contributed by atoms with van der Waals surface area (Å²) in [5, 5.41) is 2.52. The van der Waals surface area contributed by atoms with Gasteiger partial charge in [0.2, 0.25) is 0 Å². The van der Waals surface area contributed by atoms with Gasteiger partial charge in [0.05, 0.1) is 0 Å². The first-order chi connectivity index (χ1) is 7.92. The van der Waals surface area contributed by atoms with Gasteiger partial charge >= 0.3 is 5.51 Å². The Balaban J connectivity index is 0.00000289. The van der Waals surface area contributed by atoms with Crippen LogP contribution in [0.25, 0.3) is 0 Å². The van der Waals surface area contributed by atoms with Crippen molar-refractivity contribution < 1.29 is 18.0 Å². The molecular formula is C10H12ClF3N2OS. The molecule has 8 heteroatoms. The van der Waals surface area contributed by atoms with Crippen LogP contribution in [-0.4, -0.2) is 24.5 Å². The van der Waals surface area contributed by atoms with Crippen molar-refractivity contribution in [3.8, 4) is 0 Å². The number of carbonyl (C=O) groups is 1. The van der Waals surface area contributed by atoms with E-state index in [1.807, 2.05) is 0 Å². The quantitative estimate of drug-likeness (QED) is 0.840. The first-order valence-electron chi connectivity index (χ1n) is 4.76. The van der Waals surface area contributed by atoms with Crippen molar-refractivity contribution in [2.24, 2.45) is 5.73 Å². The Bertz CT molecular complexity index is 384. The van der Waals surface area contributed by atoms with Crippen LogP contribution in [0.5, 0.6) is 0 Å². The summed E-state index contributed by atoms with van der Waals surface area (Å²) in [4.78, 5) is 11.5. The van der Waals surface area contributed by atoms with E-state index in [1.165, 1.54) is 24.3 Å². The number of nitrogens with one attached hydrogen (secondary N) is 1. The first kappa shape index (κ1) is 17.1. The third-order valence-corrected chi connectivity index (χ3v) is 2.52. The van der Waals surface area contributed by atoms with Gasteiger partial charge in [0, 0.05) is 23.5 Å². The highest BCUT2D eigenvalue weighted by atomic mass is 35.5. The van der Waals surface area contributed by atoms with E-state index >= 15 is 0 Å². The van der Waals surface area contributed by atoms with Gasteiger partial charge in [-0.2, -0.15) is 13.2 Å². The molecule has 0 fully saturated rings. The maximum Gasteiger partial charge on any atom is 0.446 e. The standard InChI is InChI=1S/C10H11F3N2OS.ClH/c11-10(12,13)17-8-3-1-7(2-4-8)9(16)15-6-5-14;/h1-4H,5-6,14H2,(H,15,16);1H. The molecule has 1 rings (SSSR count). The Morgan fingerprint density at radius 2 is 1.83 bits per heavy atom. The molecule has 102 valence electrons. The zero-order valence-electron chi connectivity index (χ0n) is 9.16. The van der Waals surface area contributed by atoms with Gasteiger partial charge < -0.3 is 11.1 Å². The summed E-state index contributed by atoms with van der Waals surface area (Å²) in [5.74, 6) is -0.348. The van der Waals surface area contributed by atoms with Crippen LogP contribution in [0.1, 0.15) is 10.4 Å². The predicted molar refractivity (Wildman–Crippen MR) is 67.0 cm³/mol. The van der Waals surface area contributed by atoms with E-state index in [0.717, 1.165) is 0 Å². The summed E-state index contributed by atoms with van der Waals surface area (Å²) >= 11 is -0.213. The van der Waals surface area contributed by atoms with Gasteiger partial charge in [-0.25, -0.2) is 0 Å². The van der Waals surface area contributed by atoms with E-state index in [-0.39, 0.29) is 35.0 Å². The van der Waals surface area contributed by atoms with Crippen LogP contribution in [0.3, 0.4) is 0 Å². The Hall–Kier alpha value is -0.920. The first-order valence-corrected chi connectivity index (χ1v) is 5.58. The lowest BCUT2D eigenvalue weighted by Gasteiger charge is -2.06. The van der Waals surface area contributed by atoms with Gasteiger partial charge in [-0.05, 0) is 36.0 Å². The zero-order chi connectivity index (χ0) is 12.9. The van der Waals surface area contributed by atoms with Gasteiger partial charge in [-0.15, -0.1) is 12.4 Å². The lowest BCUT2D eigenvalue weighted by molar-refractivity contribution is -0.0328. The number of hydrogen-bond donors (Lipinski definition) is 2. The van der Waals surface area contributed by atoms with Crippen molar-refractivity contribution in [2.75, 3.05) is 13.1 Å². The molecule has 0 heterocycles. The average molecular weight is 301 g/mol. The summed E-state index contributed by atoms with van der Waals surface area (Å²) in [6, 6.07) is 5.21. The SMILES string of the molecule is Cl.NCCNC(=O)c1ccc(SC(F)(F)F)cc1. The highest BCUT2D eigenvalue weighted by Crippen LogP contribution is 2.36. The van der Waals surface area contributed by atoms with Gasteiger partial charge in [-0.3, -0.25) is 4.79 Å².